The first-order valence-corrected chi connectivity index (χ1v) is 8.92. The number of aromatic nitrogens is 2. The number of carbonyl (C=O) groups is 3. The van der Waals surface area contributed by atoms with Crippen molar-refractivity contribution >= 4 is 28.9 Å². The van der Waals surface area contributed by atoms with Crippen LogP contribution in [0.1, 0.15) is 37.9 Å². The third-order valence-electron chi connectivity index (χ3n) is 5.15. The topological polar surface area (TPSA) is 107 Å². The first-order chi connectivity index (χ1) is 12.6. The van der Waals surface area contributed by atoms with Crippen LogP contribution in [0.3, 0.4) is 0 Å². The van der Waals surface area contributed by atoms with Crippen LogP contribution >= 0.6 is 0 Å². The predicted octanol–water partition coefficient (Wildman–Crippen LogP) is 1.43. The number of urea groups is 1. The van der Waals surface area contributed by atoms with Gasteiger partial charge in [0.15, 0.2) is 0 Å². The number of hydrogen-bond acceptors (Lipinski definition) is 4. The minimum atomic E-state index is -0.797. The number of amides is 4. The van der Waals surface area contributed by atoms with Gasteiger partial charge in [0.25, 0.3) is 5.91 Å². The van der Waals surface area contributed by atoms with Crippen molar-refractivity contribution in [3.05, 3.63) is 30.1 Å². The highest BCUT2D eigenvalue weighted by atomic mass is 16.2. The summed E-state index contributed by atoms with van der Waals surface area (Å²) in [6.07, 6.45) is 4.20. The Bertz CT molecular complexity index is 836. The molecular weight excluding hydrogens is 334 g/mol. The molecule has 2 heterocycles. The Morgan fingerprint density at radius 2 is 1.96 bits per heavy atom. The van der Waals surface area contributed by atoms with Crippen molar-refractivity contribution in [1.82, 2.24) is 25.5 Å². The van der Waals surface area contributed by atoms with Crippen LogP contribution in [0.4, 0.5) is 4.79 Å². The van der Waals surface area contributed by atoms with Gasteiger partial charge in [-0.25, -0.2) is 9.78 Å². The molecule has 0 unspecified atom stereocenters. The van der Waals surface area contributed by atoms with Crippen LogP contribution in [-0.4, -0.2) is 44.8 Å². The Morgan fingerprint density at radius 3 is 2.73 bits per heavy atom. The van der Waals surface area contributed by atoms with Crippen LogP contribution in [0.25, 0.3) is 11.0 Å². The molecular formula is C18H21N5O3. The summed E-state index contributed by atoms with van der Waals surface area (Å²) in [5.74, 6) is -0.0385. The van der Waals surface area contributed by atoms with Gasteiger partial charge in [0.05, 0.1) is 17.6 Å². The summed E-state index contributed by atoms with van der Waals surface area (Å²) in [4.78, 5) is 45.6. The maximum absolute atomic E-state index is 12.7. The van der Waals surface area contributed by atoms with Crippen molar-refractivity contribution in [2.75, 3.05) is 6.54 Å². The Hall–Kier alpha value is -2.90. The first-order valence-electron chi connectivity index (χ1n) is 8.92. The highest BCUT2D eigenvalue weighted by Gasteiger charge is 2.51. The number of H-pyrrole nitrogens is 1. The number of benzene rings is 1. The van der Waals surface area contributed by atoms with Gasteiger partial charge in [-0.2, -0.15) is 0 Å². The molecule has 136 valence electrons. The maximum Gasteiger partial charge on any atom is 0.325 e. The summed E-state index contributed by atoms with van der Waals surface area (Å²) in [6, 6.07) is 7.11. The third kappa shape index (κ3) is 2.91. The van der Waals surface area contributed by atoms with E-state index in [9.17, 15) is 14.4 Å². The zero-order chi connectivity index (χ0) is 18.1. The molecule has 0 bridgehead atoms. The van der Waals surface area contributed by atoms with Crippen molar-refractivity contribution in [2.45, 2.75) is 44.2 Å². The normalized spacial score (nSPS) is 19.2. The van der Waals surface area contributed by atoms with Crippen LogP contribution in [0.2, 0.25) is 0 Å². The highest BCUT2D eigenvalue weighted by Crippen LogP contribution is 2.33. The average molecular weight is 355 g/mol. The lowest BCUT2D eigenvalue weighted by molar-refractivity contribution is -0.135. The molecule has 2 fully saturated rings. The van der Waals surface area contributed by atoms with E-state index in [0.29, 0.717) is 18.7 Å². The fourth-order valence-corrected chi connectivity index (χ4v) is 3.79. The Morgan fingerprint density at radius 1 is 1.19 bits per heavy atom. The summed E-state index contributed by atoms with van der Waals surface area (Å²) in [6.45, 7) is -0.0606. The van der Waals surface area contributed by atoms with E-state index in [1.807, 2.05) is 24.3 Å². The number of rotatable bonds is 4. The molecule has 4 amide bonds. The second kappa shape index (κ2) is 6.44. The number of imide groups is 1. The molecule has 1 spiro atoms. The lowest BCUT2D eigenvalue weighted by Gasteiger charge is -2.30. The number of fused-ring (bicyclic) bond motifs is 1. The standard InChI is InChI=1S/C18H21N5O3/c24-15(19-10-14-20-12-6-2-3-7-13(12)21-14)11-23-16(25)18(22-17(23)26)8-4-1-5-9-18/h2-3,6-7H,1,4-5,8-11H2,(H,19,24)(H,20,21)(H,22,26). The van der Waals surface area contributed by atoms with Crippen LogP contribution in [0.15, 0.2) is 24.3 Å². The molecule has 1 aliphatic heterocycles. The van der Waals surface area contributed by atoms with E-state index in [1.165, 1.54) is 0 Å². The van der Waals surface area contributed by atoms with E-state index in [-0.39, 0.29) is 24.9 Å². The Labute approximate surface area is 150 Å². The quantitative estimate of drug-likeness (QED) is 0.721. The van der Waals surface area contributed by atoms with Gasteiger partial charge in [0.2, 0.25) is 5.91 Å². The lowest BCUT2D eigenvalue weighted by Crippen LogP contribution is -2.49. The molecule has 2 aliphatic rings. The fourth-order valence-electron chi connectivity index (χ4n) is 3.79. The van der Waals surface area contributed by atoms with Gasteiger partial charge in [-0.05, 0) is 25.0 Å². The summed E-state index contributed by atoms with van der Waals surface area (Å²) in [5.41, 5.74) is 0.920. The second-order valence-electron chi connectivity index (χ2n) is 6.94. The Balaban J connectivity index is 1.37. The number of para-hydroxylation sites is 2. The van der Waals surface area contributed by atoms with E-state index >= 15 is 0 Å². The van der Waals surface area contributed by atoms with Gasteiger partial charge in [-0.3, -0.25) is 14.5 Å². The van der Waals surface area contributed by atoms with Gasteiger partial charge in [-0.15, -0.1) is 0 Å². The maximum atomic E-state index is 12.7. The summed E-state index contributed by atoms with van der Waals surface area (Å²) in [5, 5.41) is 5.52. The van der Waals surface area contributed by atoms with Gasteiger partial charge in [0, 0.05) is 0 Å². The fraction of sp³-hybridized carbons (Fsp3) is 0.444. The predicted molar refractivity (Wildman–Crippen MR) is 94.0 cm³/mol. The summed E-state index contributed by atoms with van der Waals surface area (Å²) < 4.78 is 0. The zero-order valence-electron chi connectivity index (χ0n) is 14.4. The molecule has 8 heteroatoms. The number of imidazole rings is 1. The number of nitrogens with one attached hydrogen (secondary N) is 3. The molecule has 1 aromatic heterocycles. The average Bonchev–Trinajstić information content (AvgIpc) is 3.15. The van der Waals surface area contributed by atoms with E-state index in [4.69, 9.17) is 0 Å². The molecule has 0 atom stereocenters. The van der Waals surface area contributed by atoms with Crippen LogP contribution < -0.4 is 10.6 Å². The minimum absolute atomic E-state index is 0.211. The van der Waals surface area contributed by atoms with Crippen molar-refractivity contribution in [2.24, 2.45) is 0 Å². The number of nitrogens with zero attached hydrogens (tertiary/aromatic N) is 2. The first kappa shape index (κ1) is 16.6. The smallest absolute Gasteiger partial charge is 0.325 e. The third-order valence-corrected chi connectivity index (χ3v) is 5.15. The molecule has 0 radical (unpaired) electrons. The molecule has 8 nitrogen and oxygen atoms in total. The minimum Gasteiger partial charge on any atom is -0.347 e. The number of aromatic amines is 1. The zero-order valence-corrected chi connectivity index (χ0v) is 14.4. The van der Waals surface area contributed by atoms with Gasteiger partial charge in [-0.1, -0.05) is 31.4 Å². The molecule has 1 aromatic carbocycles. The summed E-state index contributed by atoms with van der Waals surface area (Å²) in [7, 11) is 0. The second-order valence-corrected chi connectivity index (χ2v) is 6.94. The molecule has 26 heavy (non-hydrogen) atoms. The van der Waals surface area contributed by atoms with Crippen LogP contribution in [0, 0.1) is 0 Å². The van der Waals surface area contributed by atoms with Crippen LogP contribution in [0.5, 0.6) is 0 Å². The van der Waals surface area contributed by atoms with E-state index in [1.54, 1.807) is 0 Å². The van der Waals surface area contributed by atoms with Gasteiger partial charge >= 0.3 is 6.03 Å². The van der Waals surface area contributed by atoms with Crippen molar-refractivity contribution in [3.8, 4) is 0 Å². The highest BCUT2D eigenvalue weighted by molar-refractivity contribution is 6.09. The molecule has 1 saturated carbocycles. The molecule has 2 aromatic rings. The SMILES string of the molecule is O=C(CN1C(=O)NC2(CCCCC2)C1=O)NCc1nc2ccccc2[nH]1. The Kier molecular flexibility index (Phi) is 4.10. The van der Waals surface area contributed by atoms with Gasteiger partial charge in [0.1, 0.15) is 17.9 Å². The van der Waals surface area contributed by atoms with Crippen LogP contribution in [-0.2, 0) is 16.1 Å². The van der Waals surface area contributed by atoms with Crippen molar-refractivity contribution in [1.29, 1.82) is 0 Å². The van der Waals surface area contributed by atoms with Crippen molar-refractivity contribution < 1.29 is 14.4 Å². The monoisotopic (exact) mass is 355 g/mol. The molecule has 1 saturated heterocycles. The van der Waals surface area contributed by atoms with E-state index < -0.39 is 11.6 Å². The largest absolute Gasteiger partial charge is 0.347 e. The summed E-state index contributed by atoms with van der Waals surface area (Å²) >= 11 is 0. The molecule has 1 aliphatic carbocycles. The number of carbonyl (C=O) groups excluding carboxylic acids is 3. The van der Waals surface area contributed by atoms with E-state index in [0.717, 1.165) is 35.2 Å². The van der Waals surface area contributed by atoms with Gasteiger partial charge < -0.3 is 15.6 Å². The molecule has 4 rings (SSSR count). The number of hydrogen-bond donors (Lipinski definition) is 3. The molecule has 3 N–H and O–H groups in total. The van der Waals surface area contributed by atoms with E-state index in [2.05, 4.69) is 20.6 Å². The van der Waals surface area contributed by atoms with Crippen molar-refractivity contribution in [3.63, 3.8) is 0 Å². The lowest BCUT2D eigenvalue weighted by atomic mass is 9.82.